The summed E-state index contributed by atoms with van der Waals surface area (Å²) in [5.74, 6) is 0. The molecular weight excluding hydrogens is 420 g/mol. The Morgan fingerprint density at radius 2 is 1.38 bits per heavy atom. The highest BCUT2D eigenvalue weighted by Gasteiger charge is 2.30. The van der Waals surface area contributed by atoms with Crippen LogP contribution in [0.1, 0.15) is 5.56 Å². The fourth-order valence-electron chi connectivity index (χ4n) is 5.53. The summed E-state index contributed by atoms with van der Waals surface area (Å²) in [5, 5.41) is 11.5. The third-order valence-corrected chi connectivity index (χ3v) is 7.22. The normalized spacial score (nSPS) is 21.1. The van der Waals surface area contributed by atoms with E-state index < -0.39 is 0 Å². The highest BCUT2D eigenvalue weighted by Crippen LogP contribution is 2.38. The largest absolute Gasteiger partial charge is 0.456 e. The first-order valence-corrected chi connectivity index (χ1v) is 11.6. The summed E-state index contributed by atoms with van der Waals surface area (Å²) in [5.41, 5.74) is 8.45. The lowest BCUT2D eigenvalue weighted by Crippen LogP contribution is -2.49. The number of nitrogens with one attached hydrogen (secondary N) is 2. The molecule has 0 bridgehead atoms. The van der Waals surface area contributed by atoms with E-state index in [1.165, 1.54) is 11.1 Å². The first-order chi connectivity index (χ1) is 16.8. The number of rotatable bonds is 1. The standard InChI is InChI=1S/C30H20N2O2/c1-2-6-25-21(5-1)23-14-28-24(15-27(23)33-25)22-13-18(9-10-26(22)34-28)20-12-19-8-7-17-4-3-11-31-29(17)30(19)32-16-20/h1-16,29-32H. The Labute approximate surface area is 195 Å². The fraction of sp³-hybridized carbons (Fsp3) is 0.0667. The second-order valence-corrected chi connectivity index (χ2v) is 9.15. The van der Waals surface area contributed by atoms with Gasteiger partial charge in [0, 0.05) is 27.7 Å². The summed E-state index contributed by atoms with van der Waals surface area (Å²) in [6.07, 6.45) is 15.1. The van der Waals surface area contributed by atoms with Crippen molar-refractivity contribution in [3.05, 3.63) is 114 Å². The zero-order valence-electron chi connectivity index (χ0n) is 18.2. The van der Waals surface area contributed by atoms with E-state index >= 15 is 0 Å². The van der Waals surface area contributed by atoms with E-state index in [1.54, 1.807) is 0 Å². The Balaban J connectivity index is 1.25. The van der Waals surface area contributed by atoms with E-state index in [2.05, 4.69) is 83.6 Å². The molecule has 34 heavy (non-hydrogen) atoms. The second kappa shape index (κ2) is 6.55. The molecule has 4 nitrogen and oxygen atoms in total. The quantitative estimate of drug-likeness (QED) is 0.304. The van der Waals surface area contributed by atoms with Crippen LogP contribution in [0.5, 0.6) is 0 Å². The Hall–Kier alpha value is -4.44. The molecule has 2 unspecified atom stereocenters. The van der Waals surface area contributed by atoms with Crippen LogP contribution in [0, 0.1) is 0 Å². The molecule has 3 aromatic carbocycles. The molecule has 2 N–H and O–H groups in total. The molecule has 4 heteroatoms. The zero-order chi connectivity index (χ0) is 22.2. The number of dihydropyridines is 2. The Bertz CT molecular complexity index is 1820. The average molecular weight is 441 g/mol. The van der Waals surface area contributed by atoms with E-state index in [-0.39, 0.29) is 12.1 Å². The number of fused-ring (bicyclic) bond motifs is 9. The van der Waals surface area contributed by atoms with Gasteiger partial charge in [-0.1, -0.05) is 42.5 Å². The minimum Gasteiger partial charge on any atom is -0.456 e. The average Bonchev–Trinajstić information content (AvgIpc) is 3.43. The van der Waals surface area contributed by atoms with Gasteiger partial charge in [0.1, 0.15) is 22.3 Å². The van der Waals surface area contributed by atoms with Gasteiger partial charge in [0.2, 0.25) is 0 Å². The topological polar surface area (TPSA) is 50.3 Å². The van der Waals surface area contributed by atoms with Crippen LogP contribution < -0.4 is 10.6 Å². The molecule has 0 spiro atoms. The summed E-state index contributed by atoms with van der Waals surface area (Å²) in [4.78, 5) is 0. The number of para-hydroxylation sites is 1. The van der Waals surface area contributed by atoms with Crippen LogP contribution >= 0.6 is 0 Å². The van der Waals surface area contributed by atoms with Gasteiger partial charge in [-0.2, -0.15) is 0 Å². The molecule has 1 aliphatic carbocycles. The van der Waals surface area contributed by atoms with Crippen LogP contribution in [-0.2, 0) is 0 Å². The van der Waals surface area contributed by atoms with Crippen LogP contribution in [0.25, 0.3) is 49.5 Å². The van der Waals surface area contributed by atoms with Gasteiger partial charge in [0.15, 0.2) is 0 Å². The van der Waals surface area contributed by atoms with Crippen molar-refractivity contribution in [2.45, 2.75) is 12.1 Å². The smallest absolute Gasteiger partial charge is 0.136 e. The van der Waals surface area contributed by atoms with Crippen LogP contribution in [-0.4, -0.2) is 12.1 Å². The van der Waals surface area contributed by atoms with Gasteiger partial charge >= 0.3 is 0 Å². The molecule has 0 radical (unpaired) electrons. The van der Waals surface area contributed by atoms with E-state index in [0.717, 1.165) is 55.0 Å². The molecular formula is C30H20N2O2. The molecule has 2 aliphatic heterocycles. The number of furan rings is 2. The zero-order valence-corrected chi connectivity index (χ0v) is 18.2. The maximum absolute atomic E-state index is 6.24. The van der Waals surface area contributed by atoms with Crippen LogP contribution in [0.3, 0.4) is 0 Å². The summed E-state index contributed by atoms with van der Waals surface area (Å²) in [6.45, 7) is 0. The third-order valence-electron chi connectivity index (χ3n) is 7.22. The number of hydrogen-bond acceptors (Lipinski definition) is 4. The van der Waals surface area contributed by atoms with Crippen molar-refractivity contribution in [3.63, 3.8) is 0 Å². The first kappa shape index (κ1) is 18.0. The lowest BCUT2D eigenvalue weighted by Gasteiger charge is -2.36. The van der Waals surface area contributed by atoms with Gasteiger partial charge in [-0.3, -0.25) is 0 Å². The number of hydrogen-bond donors (Lipinski definition) is 2. The minimum atomic E-state index is 0.227. The lowest BCUT2D eigenvalue weighted by atomic mass is 9.83. The molecule has 162 valence electrons. The lowest BCUT2D eigenvalue weighted by molar-refractivity contribution is 0.523. The maximum Gasteiger partial charge on any atom is 0.136 e. The van der Waals surface area contributed by atoms with Crippen LogP contribution in [0.4, 0.5) is 0 Å². The Morgan fingerprint density at radius 1 is 0.647 bits per heavy atom. The van der Waals surface area contributed by atoms with Crippen molar-refractivity contribution < 1.29 is 8.83 Å². The number of benzene rings is 3. The molecule has 0 saturated heterocycles. The van der Waals surface area contributed by atoms with Crippen LogP contribution in [0.15, 0.2) is 117 Å². The second-order valence-electron chi connectivity index (χ2n) is 9.15. The van der Waals surface area contributed by atoms with E-state index in [4.69, 9.17) is 8.83 Å². The van der Waals surface area contributed by atoms with E-state index in [1.807, 2.05) is 24.4 Å². The van der Waals surface area contributed by atoms with Crippen molar-refractivity contribution in [2.24, 2.45) is 0 Å². The molecule has 5 aromatic rings. The summed E-state index contributed by atoms with van der Waals surface area (Å²) >= 11 is 0. The predicted octanol–water partition coefficient (Wildman–Crippen LogP) is 6.71. The summed E-state index contributed by atoms with van der Waals surface area (Å²) in [7, 11) is 0. The molecule has 0 amide bonds. The van der Waals surface area contributed by atoms with Gasteiger partial charge in [-0.15, -0.1) is 0 Å². The molecule has 0 saturated carbocycles. The molecule has 3 aliphatic rings. The predicted molar refractivity (Wildman–Crippen MR) is 137 cm³/mol. The molecule has 4 heterocycles. The summed E-state index contributed by atoms with van der Waals surface area (Å²) in [6, 6.07) is 19.3. The molecule has 2 atom stereocenters. The van der Waals surface area contributed by atoms with Gasteiger partial charge in [-0.05, 0) is 71.0 Å². The Morgan fingerprint density at radius 3 is 2.29 bits per heavy atom. The van der Waals surface area contributed by atoms with Crippen molar-refractivity contribution in [2.75, 3.05) is 0 Å². The van der Waals surface area contributed by atoms with Gasteiger partial charge in [-0.25, -0.2) is 0 Å². The summed E-state index contributed by atoms with van der Waals surface area (Å²) < 4.78 is 12.4. The Kier molecular flexibility index (Phi) is 3.47. The van der Waals surface area contributed by atoms with E-state index in [9.17, 15) is 0 Å². The van der Waals surface area contributed by atoms with Crippen molar-refractivity contribution >= 4 is 49.5 Å². The molecule has 0 fully saturated rings. The van der Waals surface area contributed by atoms with Gasteiger partial charge in [0.25, 0.3) is 0 Å². The van der Waals surface area contributed by atoms with Gasteiger partial charge in [0.05, 0.1) is 12.1 Å². The molecule has 2 aromatic heterocycles. The van der Waals surface area contributed by atoms with Crippen molar-refractivity contribution in [1.82, 2.24) is 10.6 Å². The minimum absolute atomic E-state index is 0.227. The maximum atomic E-state index is 6.24. The van der Waals surface area contributed by atoms with Crippen molar-refractivity contribution in [3.8, 4) is 0 Å². The highest BCUT2D eigenvalue weighted by atomic mass is 16.3. The number of allylic oxidation sites excluding steroid dienone is 4. The van der Waals surface area contributed by atoms with Crippen molar-refractivity contribution in [1.29, 1.82) is 0 Å². The SMILES string of the molecule is C1=CNC2C(=C1)C=CC1=CC(c3ccc4oc5cc6c(cc5c4c3)oc3ccccc36)=CNC12. The monoisotopic (exact) mass is 440 g/mol. The van der Waals surface area contributed by atoms with E-state index in [0.29, 0.717) is 0 Å². The third kappa shape index (κ3) is 2.48. The van der Waals surface area contributed by atoms with Gasteiger partial charge < -0.3 is 19.5 Å². The highest BCUT2D eigenvalue weighted by molar-refractivity contribution is 6.15. The first-order valence-electron chi connectivity index (χ1n) is 11.6. The molecule has 8 rings (SSSR count). The van der Waals surface area contributed by atoms with Crippen LogP contribution in [0.2, 0.25) is 0 Å². The fourth-order valence-corrected chi connectivity index (χ4v) is 5.53.